The molecule has 0 atom stereocenters. The van der Waals surface area contributed by atoms with E-state index in [2.05, 4.69) is 45.1 Å². The second kappa shape index (κ2) is 3.57. The van der Waals surface area contributed by atoms with Crippen molar-refractivity contribution >= 4 is 15.9 Å². The fourth-order valence-electron chi connectivity index (χ4n) is 1.47. The molecule has 2 aromatic rings. The van der Waals surface area contributed by atoms with E-state index in [9.17, 15) is 0 Å². The van der Waals surface area contributed by atoms with Crippen molar-refractivity contribution in [2.24, 2.45) is 0 Å². The van der Waals surface area contributed by atoms with E-state index in [1.807, 2.05) is 10.9 Å². The fraction of sp³-hybridized carbons (Fsp3) is 0.333. The molecule has 0 aliphatic carbocycles. The maximum absolute atomic E-state index is 4.28. The SMILES string of the molecule is CCn1ncc(-c2[nH]ncc2Br)c1C. The molecule has 74 valence electrons. The van der Waals surface area contributed by atoms with Gasteiger partial charge < -0.3 is 0 Å². The molecule has 2 aromatic heterocycles. The maximum Gasteiger partial charge on any atom is 0.0826 e. The summed E-state index contributed by atoms with van der Waals surface area (Å²) < 4.78 is 2.93. The summed E-state index contributed by atoms with van der Waals surface area (Å²) in [5.41, 5.74) is 3.23. The first-order chi connectivity index (χ1) is 6.74. The third-order valence-corrected chi connectivity index (χ3v) is 2.87. The number of hydrogen-bond donors (Lipinski definition) is 1. The smallest absolute Gasteiger partial charge is 0.0826 e. The summed E-state index contributed by atoms with van der Waals surface area (Å²) in [5, 5.41) is 11.2. The first kappa shape index (κ1) is 9.45. The van der Waals surface area contributed by atoms with Crippen LogP contribution in [0.25, 0.3) is 11.3 Å². The van der Waals surface area contributed by atoms with Gasteiger partial charge in [0.15, 0.2) is 0 Å². The van der Waals surface area contributed by atoms with Gasteiger partial charge in [0, 0.05) is 17.8 Å². The molecule has 2 heterocycles. The van der Waals surface area contributed by atoms with Crippen LogP contribution in [-0.4, -0.2) is 20.0 Å². The van der Waals surface area contributed by atoms with Gasteiger partial charge in [-0.25, -0.2) is 0 Å². The molecular weight excluding hydrogens is 244 g/mol. The molecule has 0 amide bonds. The number of halogens is 1. The lowest BCUT2D eigenvalue weighted by molar-refractivity contribution is 0.640. The lowest BCUT2D eigenvalue weighted by Gasteiger charge is -2.00. The van der Waals surface area contributed by atoms with E-state index in [4.69, 9.17) is 0 Å². The van der Waals surface area contributed by atoms with Gasteiger partial charge in [-0.2, -0.15) is 10.2 Å². The second-order valence-corrected chi connectivity index (χ2v) is 3.91. The molecule has 0 radical (unpaired) electrons. The summed E-state index contributed by atoms with van der Waals surface area (Å²) in [6.45, 7) is 5.02. The average molecular weight is 255 g/mol. The van der Waals surface area contributed by atoms with Gasteiger partial charge in [0.25, 0.3) is 0 Å². The zero-order valence-electron chi connectivity index (χ0n) is 8.08. The lowest BCUT2D eigenvalue weighted by atomic mass is 10.2. The van der Waals surface area contributed by atoms with Crippen LogP contribution in [0, 0.1) is 6.92 Å². The van der Waals surface area contributed by atoms with Gasteiger partial charge in [-0.15, -0.1) is 0 Å². The Hall–Kier alpha value is -1.10. The Bertz CT molecular complexity index is 443. The number of nitrogens with zero attached hydrogens (tertiary/aromatic N) is 3. The number of hydrogen-bond acceptors (Lipinski definition) is 2. The lowest BCUT2D eigenvalue weighted by Crippen LogP contribution is -1.98. The van der Waals surface area contributed by atoms with Crippen LogP contribution in [0.15, 0.2) is 16.9 Å². The van der Waals surface area contributed by atoms with Gasteiger partial charge in [0.05, 0.1) is 22.6 Å². The Balaban J connectivity index is 2.52. The molecule has 0 aromatic carbocycles. The molecule has 0 aliphatic heterocycles. The van der Waals surface area contributed by atoms with E-state index < -0.39 is 0 Å². The molecule has 14 heavy (non-hydrogen) atoms. The van der Waals surface area contributed by atoms with Gasteiger partial charge in [-0.1, -0.05) is 0 Å². The van der Waals surface area contributed by atoms with Crippen molar-refractivity contribution in [2.45, 2.75) is 20.4 Å². The molecule has 0 bridgehead atoms. The number of aromatic nitrogens is 4. The highest BCUT2D eigenvalue weighted by atomic mass is 79.9. The Morgan fingerprint density at radius 1 is 1.50 bits per heavy atom. The molecule has 0 fully saturated rings. The third-order valence-electron chi connectivity index (χ3n) is 2.27. The number of nitrogens with one attached hydrogen (secondary N) is 1. The Labute approximate surface area is 90.5 Å². The zero-order valence-corrected chi connectivity index (χ0v) is 9.67. The first-order valence-electron chi connectivity index (χ1n) is 4.45. The topological polar surface area (TPSA) is 46.5 Å². The van der Waals surface area contributed by atoms with Crippen molar-refractivity contribution in [3.05, 3.63) is 22.6 Å². The Morgan fingerprint density at radius 2 is 2.29 bits per heavy atom. The number of H-pyrrole nitrogens is 1. The zero-order chi connectivity index (χ0) is 10.1. The Kier molecular flexibility index (Phi) is 2.41. The summed E-state index contributed by atoms with van der Waals surface area (Å²) in [4.78, 5) is 0. The summed E-state index contributed by atoms with van der Waals surface area (Å²) in [6.07, 6.45) is 3.61. The molecule has 0 spiro atoms. The molecule has 1 N–H and O–H groups in total. The standard InChI is InChI=1S/C9H11BrN4/c1-3-14-6(2)7(4-12-14)9-8(10)5-11-13-9/h4-5H,3H2,1-2H3,(H,11,13). The van der Waals surface area contributed by atoms with E-state index in [1.54, 1.807) is 6.20 Å². The predicted octanol–water partition coefficient (Wildman–Crippen LogP) is 2.36. The highest BCUT2D eigenvalue weighted by Gasteiger charge is 2.11. The number of aromatic amines is 1. The van der Waals surface area contributed by atoms with E-state index in [1.165, 1.54) is 0 Å². The van der Waals surface area contributed by atoms with E-state index in [-0.39, 0.29) is 0 Å². The molecule has 2 rings (SSSR count). The van der Waals surface area contributed by atoms with E-state index >= 15 is 0 Å². The minimum Gasteiger partial charge on any atom is -0.277 e. The molecular formula is C9H11BrN4. The van der Waals surface area contributed by atoms with Crippen LogP contribution in [0.3, 0.4) is 0 Å². The quantitative estimate of drug-likeness (QED) is 0.895. The Morgan fingerprint density at radius 3 is 2.79 bits per heavy atom. The molecule has 4 nitrogen and oxygen atoms in total. The normalized spacial score (nSPS) is 10.8. The number of rotatable bonds is 2. The summed E-state index contributed by atoms with van der Waals surface area (Å²) in [6, 6.07) is 0. The molecule has 0 aliphatic rings. The van der Waals surface area contributed by atoms with Crippen LogP contribution in [0.5, 0.6) is 0 Å². The second-order valence-electron chi connectivity index (χ2n) is 3.05. The van der Waals surface area contributed by atoms with Crippen molar-refractivity contribution in [1.82, 2.24) is 20.0 Å². The summed E-state index contributed by atoms with van der Waals surface area (Å²) in [7, 11) is 0. The van der Waals surface area contributed by atoms with E-state index in [0.29, 0.717) is 0 Å². The highest BCUT2D eigenvalue weighted by molar-refractivity contribution is 9.10. The van der Waals surface area contributed by atoms with Crippen LogP contribution < -0.4 is 0 Å². The van der Waals surface area contributed by atoms with Crippen molar-refractivity contribution < 1.29 is 0 Å². The van der Waals surface area contributed by atoms with Crippen LogP contribution >= 0.6 is 15.9 Å². The van der Waals surface area contributed by atoms with Gasteiger partial charge >= 0.3 is 0 Å². The van der Waals surface area contributed by atoms with E-state index in [0.717, 1.165) is 28.0 Å². The van der Waals surface area contributed by atoms with Crippen molar-refractivity contribution in [1.29, 1.82) is 0 Å². The largest absolute Gasteiger partial charge is 0.277 e. The van der Waals surface area contributed by atoms with Crippen molar-refractivity contribution in [3.8, 4) is 11.3 Å². The monoisotopic (exact) mass is 254 g/mol. The van der Waals surface area contributed by atoms with Crippen LogP contribution in [0.4, 0.5) is 0 Å². The minimum atomic E-state index is 0.886. The first-order valence-corrected chi connectivity index (χ1v) is 5.25. The predicted molar refractivity (Wildman–Crippen MR) is 57.9 cm³/mol. The van der Waals surface area contributed by atoms with Crippen molar-refractivity contribution in [3.63, 3.8) is 0 Å². The molecule has 0 unspecified atom stereocenters. The van der Waals surface area contributed by atoms with Gasteiger partial charge in [-0.3, -0.25) is 9.78 Å². The van der Waals surface area contributed by atoms with Gasteiger partial charge in [0.2, 0.25) is 0 Å². The van der Waals surface area contributed by atoms with Gasteiger partial charge in [0.1, 0.15) is 0 Å². The van der Waals surface area contributed by atoms with Gasteiger partial charge in [-0.05, 0) is 29.8 Å². The third kappa shape index (κ3) is 1.37. The summed E-state index contributed by atoms with van der Waals surface area (Å²) >= 11 is 3.44. The highest BCUT2D eigenvalue weighted by Crippen LogP contribution is 2.27. The molecule has 5 heteroatoms. The van der Waals surface area contributed by atoms with Crippen molar-refractivity contribution in [2.75, 3.05) is 0 Å². The van der Waals surface area contributed by atoms with Crippen LogP contribution in [-0.2, 0) is 6.54 Å². The van der Waals surface area contributed by atoms with Crippen LogP contribution in [0.1, 0.15) is 12.6 Å². The number of aryl methyl sites for hydroxylation is 1. The molecule has 0 saturated heterocycles. The minimum absolute atomic E-state index is 0.886. The summed E-state index contributed by atoms with van der Waals surface area (Å²) in [5.74, 6) is 0. The molecule has 0 saturated carbocycles. The average Bonchev–Trinajstić information content (AvgIpc) is 2.72. The maximum atomic E-state index is 4.28. The fourth-order valence-corrected chi connectivity index (χ4v) is 1.88. The van der Waals surface area contributed by atoms with Crippen LogP contribution in [0.2, 0.25) is 0 Å².